The molecule has 0 unspecified atom stereocenters. The molecule has 0 aliphatic carbocycles. The van der Waals surface area contributed by atoms with Gasteiger partial charge < -0.3 is 4.90 Å². The highest BCUT2D eigenvalue weighted by Crippen LogP contribution is 2.16. The molecule has 0 bridgehead atoms. The lowest BCUT2D eigenvalue weighted by Gasteiger charge is -2.19. The van der Waals surface area contributed by atoms with Crippen LogP contribution >= 0.6 is 0 Å². The topological polar surface area (TPSA) is 75.4 Å². The Morgan fingerprint density at radius 3 is 2.65 bits per heavy atom. The van der Waals surface area contributed by atoms with Gasteiger partial charge in [-0.1, -0.05) is 12.1 Å². The molecule has 0 spiro atoms. The summed E-state index contributed by atoms with van der Waals surface area (Å²) in [4.78, 5) is 1.72. The second kappa shape index (κ2) is 5.95. The van der Waals surface area contributed by atoms with Crippen LogP contribution in [0.15, 0.2) is 24.3 Å². The summed E-state index contributed by atoms with van der Waals surface area (Å²) in [5.41, 5.74) is 0.489. The predicted octanol–water partition coefficient (Wildman–Crippen LogP) is 0.445. The van der Waals surface area contributed by atoms with E-state index >= 15 is 0 Å². The summed E-state index contributed by atoms with van der Waals surface area (Å²) >= 11 is 0. The molecule has 3 N–H and O–H groups in total. The molecule has 0 aliphatic rings. The molecule has 7 heteroatoms. The van der Waals surface area contributed by atoms with Crippen LogP contribution in [0.5, 0.6) is 0 Å². The van der Waals surface area contributed by atoms with Crippen molar-refractivity contribution in [1.29, 1.82) is 0 Å². The van der Waals surface area contributed by atoms with E-state index in [1.54, 1.807) is 30.1 Å². The van der Waals surface area contributed by atoms with E-state index in [1.807, 2.05) is 0 Å². The zero-order chi connectivity index (χ0) is 12.9. The fourth-order valence-electron chi connectivity index (χ4n) is 1.41. The van der Waals surface area contributed by atoms with Crippen molar-refractivity contribution in [1.82, 2.24) is 4.72 Å². The molecule has 0 aromatic heterocycles. The summed E-state index contributed by atoms with van der Waals surface area (Å²) in [6.07, 6.45) is 0.543. The fraction of sp³-hybridized carbons (Fsp3) is 0.400. The molecule has 0 amide bonds. The third kappa shape index (κ3) is 5.12. The lowest BCUT2D eigenvalue weighted by Crippen LogP contribution is -2.33. The lowest BCUT2D eigenvalue weighted by atomic mass is 10.2. The van der Waals surface area contributed by atoms with Gasteiger partial charge in [0.25, 0.3) is 10.2 Å². The van der Waals surface area contributed by atoms with Crippen LogP contribution in [0, 0.1) is 5.82 Å². The molecule has 0 saturated heterocycles. The Bertz CT molecular complexity index is 464. The van der Waals surface area contributed by atoms with Crippen molar-refractivity contribution in [2.45, 2.75) is 6.42 Å². The van der Waals surface area contributed by atoms with E-state index in [2.05, 4.69) is 4.72 Å². The van der Waals surface area contributed by atoms with E-state index in [-0.39, 0.29) is 12.4 Å². The summed E-state index contributed by atoms with van der Waals surface area (Å²) in [5.74, 6) is -0.297. The average Bonchev–Trinajstić information content (AvgIpc) is 2.23. The number of rotatable bonds is 6. The first-order valence-electron chi connectivity index (χ1n) is 5.13. The molecule has 0 radical (unpaired) electrons. The molecule has 1 aromatic carbocycles. The van der Waals surface area contributed by atoms with Crippen LogP contribution in [0.25, 0.3) is 0 Å². The molecule has 1 aromatic rings. The van der Waals surface area contributed by atoms with Gasteiger partial charge in [0.2, 0.25) is 0 Å². The minimum absolute atomic E-state index is 0.234. The standard InChI is InChI=1S/C10H16FN3O2S/c1-14(8-4-7-13-17(12,15)16)10-6-3-2-5-9(10)11/h2-3,5-6,13H,4,7-8H2,1H3,(H2,12,15,16). The number of hydrogen-bond donors (Lipinski definition) is 2. The number of nitrogens with zero attached hydrogens (tertiary/aromatic N) is 1. The van der Waals surface area contributed by atoms with E-state index in [0.717, 1.165) is 0 Å². The summed E-state index contributed by atoms with van der Waals surface area (Å²) in [5, 5.41) is 4.78. The van der Waals surface area contributed by atoms with E-state index < -0.39 is 10.2 Å². The molecule has 0 saturated carbocycles. The highest BCUT2D eigenvalue weighted by Gasteiger charge is 2.06. The highest BCUT2D eigenvalue weighted by molar-refractivity contribution is 7.87. The summed E-state index contributed by atoms with van der Waals surface area (Å²) in [7, 11) is -1.89. The monoisotopic (exact) mass is 261 g/mol. The Hall–Kier alpha value is -1.18. The van der Waals surface area contributed by atoms with Crippen LogP contribution in [0.4, 0.5) is 10.1 Å². The Morgan fingerprint density at radius 2 is 2.06 bits per heavy atom. The van der Waals surface area contributed by atoms with Gasteiger partial charge in [0, 0.05) is 20.1 Å². The molecule has 96 valence electrons. The van der Waals surface area contributed by atoms with Gasteiger partial charge in [0.05, 0.1) is 5.69 Å². The molecule has 5 nitrogen and oxygen atoms in total. The highest BCUT2D eigenvalue weighted by atomic mass is 32.2. The smallest absolute Gasteiger partial charge is 0.274 e. The minimum Gasteiger partial charge on any atom is -0.372 e. The zero-order valence-electron chi connectivity index (χ0n) is 9.56. The number of benzene rings is 1. The maximum Gasteiger partial charge on any atom is 0.274 e. The van der Waals surface area contributed by atoms with Crippen molar-refractivity contribution in [2.24, 2.45) is 5.14 Å². The van der Waals surface area contributed by atoms with Gasteiger partial charge >= 0.3 is 0 Å². The fourth-order valence-corrected chi connectivity index (χ4v) is 1.84. The third-order valence-corrected chi connectivity index (χ3v) is 2.84. The minimum atomic E-state index is -3.64. The van der Waals surface area contributed by atoms with Crippen LogP contribution in [-0.4, -0.2) is 28.6 Å². The van der Waals surface area contributed by atoms with Crippen LogP contribution < -0.4 is 14.8 Å². The molecule has 0 fully saturated rings. The summed E-state index contributed by atoms with van der Waals surface area (Å²) in [6.45, 7) is 0.765. The number of halogens is 1. The zero-order valence-corrected chi connectivity index (χ0v) is 10.4. The largest absolute Gasteiger partial charge is 0.372 e. The molecule has 0 aliphatic heterocycles. The van der Waals surface area contributed by atoms with Crippen molar-refractivity contribution in [2.75, 3.05) is 25.0 Å². The number of nitrogens with one attached hydrogen (secondary N) is 1. The van der Waals surface area contributed by atoms with Gasteiger partial charge in [0.15, 0.2) is 0 Å². The normalized spacial score (nSPS) is 11.5. The SMILES string of the molecule is CN(CCCNS(N)(=O)=O)c1ccccc1F. The average molecular weight is 261 g/mol. The Morgan fingerprint density at radius 1 is 1.41 bits per heavy atom. The number of anilines is 1. The van der Waals surface area contributed by atoms with E-state index in [0.29, 0.717) is 18.7 Å². The Balaban J connectivity index is 2.41. The van der Waals surface area contributed by atoms with Crippen molar-refractivity contribution in [3.63, 3.8) is 0 Å². The van der Waals surface area contributed by atoms with Crippen molar-refractivity contribution in [3.8, 4) is 0 Å². The van der Waals surface area contributed by atoms with Crippen LogP contribution in [0.3, 0.4) is 0 Å². The van der Waals surface area contributed by atoms with E-state index in [4.69, 9.17) is 5.14 Å². The molecule has 0 atom stereocenters. The second-order valence-electron chi connectivity index (χ2n) is 3.67. The molecular formula is C10H16FN3O2S. The van der Waals surface area contributed by atoms with E-state index in [1.165, 1.54) is 6.07 Å². The molecule has 0 heterocycles. The van der Waals surface area contributed by atoms with E-state index in [9.17, 15) is 12.8 Å². The maximum absolute atomic E-state index is 13.4. The van der Waals surface area contributed by atoms with Crippen molar-refractivity contribution < 1.29 is 12.8 Å². The molecule has 17 heavy (non-hydrogen) atoms. The number of hydrogen-bond acceptors (Lipinski definition) is 3. The quantitative estimate of drug-likeness (QED) is 0.730. The number of nitrogens with two attached hydrogens (primary N) is 1. The molecule has 1 rings (SSSR count). The maximum atomic E-state index is 13.4. The summed E-state index contributed by atoms with van der Waals surface area (Å²) < 4.78 is 36.7. The predicted molar refractivity (Wildman–Crippen MR) is 65.4 cm³/mol. The van der Waals surface area contributed by atoms with Gasteiger partial charge in [-0.05, 0) is 18.6 Å². The van der Waals surface area contributed by atoms with Crippen molar-refractivity contribution >= 4 is 15.9 Å². The first-order chi connectivity index (χ1) is 7.90. The Labute approximate surface area is 101 Å². The van der Waals surface area contributed by atoms with Gasteiger partial charge in [-0.15, -0.1) is 0 Å². The molecular weight excluding hydrogens is 245 g/mol. The second-order valence-corrected chi connectivity index (χ2v) is 5.04. The van der Waals surface area contributed by atoms with Gasteiger partial charge in [-0.25, -0.2) is 14.3 Å². The van der Waals surface area contributed by atoms with Crippen LogP contribution in [0.1, 0.15) is 6.42 Å². The summed E-state index contributed by atoms with van der Waals surface area (Å²) in [6, 6.07) is 6.42. The Kier molecular flexibility index (Phi) is 4.86. The number of para-hydroxylation sites is 1. The van der Waals surface area contributed by atoms with Crippen molar-refractivity contribution in [3.05, 3.63) is 30.1 Å². The lowest BCUT2D eigenvalue weighted by molar-refractivity contribution is 0.579. The van der Waals surface area contributed by atoms with Gasteiger partial charge in [0.1, 0.15) is 5.82 Å². The van der Waals surface area contributed by atoms with Crippen LogP contribution in [-0.2, 0) is 10.2 Å². The van der Waals surface area contributed by atoms with Crippen LogP contribution in [0.2, 0.25) is 0 Å². The van der Waals surface area contributed by atoms with Gasteiger partial charge in [-0.2, -0.15) is 8.42 Å². The first-order valence-corrected chi connectivity index (χ1v) is 6.68. The third-order valence-electron chi connectivity index (χ3n) is 2.24. The van der Waals surface area contributed by atoms with Gasteiger partial charge in [-0.3, -0.25) is 0 Å². The first kappa shape index (κ1) is 13.9.